The van der Waals surface area contributed by atoms with E-state index in [9.17, 15) is 8.78 Å². The molecule has 5 rings (SSSR count). The second kappa shape index (κ2) is 13.9. The third-order valence-corrected chi connectivity index (χ3v) is 10.2. The SMILES string of the molecule is CCOc1ccc(-c2ccccc2)c(F)c1F.C[P+](c1ccccc1)(c1ccccc1)c1ccccc1.[Cl-]. The van der Waals surface area contributed by atoms with E-state index in [-0.39, 0.29) is 23.7 Å². The quantitative estimate of drug-likeness (QED) is 0.282. The van der Waals surface area contributed by atoms with Gasteiger partial charge in [-0.1, -0.05) is 84.9 Å². The standard InChI is InChI=1S/C19H18P.C14H12F2O.ClH/c1-20(17-11-5-2-6-12-17,18-13-7-3-8-14-18)19-15-9-4-10-16-19;1-2-17-12-9-8-11(13(15)14(12)16)10-6-4-3-5-7-10;/h2-16H,1H3;3-9H,2H2,1H3;1H/q+1;;/p-1. The molecular weight excluding hydrogens is 517 g/mol. The molecule has 0 heterocycles. The fourth-order valence-corrected chi connectivity index (χ4v) is 7.46. The molecule has 0 aliphatic carbocycles. The molecule has 0 radical (unpaired) electrons. The molecule has 0 aromatic heterocycles. The van der Waals surface area contributed by atoms with Gasteiger partial charge in [0, 0.05) is 5.56 Å². The lowest BCUT2D eigenvalue weighted by Crippen LogP contribution is -3.00. The van der Waals surface area contributed by atoms with E-state index in [0.29, 0.717) is 12.2 Å². The monoisotopic (exact) mass is 546 g/mol. The van der Waals surface area contributed by atoms with Crippen molar-refractivity contribution in [2.24, 2.45) is 0 Å². The minimum atomic E-state index is -1.53. The lowest BCUT2D eigenvalue weighted by Gasteiger charge is -2.22. The molecule has 0 aliphatic heterocycles. The summed E-state index contributed by atoms with van der Waals surface area (Å²) >= 11 is 0. The van der Waals surface area contributed by atoms with Gasteiger partial charge in [0.05, 0.1) is 13.3 Å². The average molecular weight is 547 g/mol. The van der Waals surface area contributed by atoms with Gasteiger partial charge in [0.25, 0.3) is 0 Å². The first kappa shape index (κ1) is 29.0. The van der Waals surface area contributed by atoms with E-state index in [1.54, 1.807) is 31.2 Å². The third kappa shape index (κ3) is 6.48. The van der Waals surface area contributed by atoms with Crippen molar-refractivity contribution in [2.45, 2.75) is 6.92 Å². The Morgan fingerprint density at radius 2 is 0.947 bits per heavy atom. The molecule has 0 spiro atoms. The second-order valence-corrected chi connectivity index (χ2v) is 12.1. The maximum atomic E-state index is 13.8. The van der Waals surface area contributed by atoms with E-state index >= 15 is 0 Å². The molecule has 0 fully saturated rings. The van der Waals surface area contributed by atoms with Crippen LogP contribution in [0.2, 0.25) is 0 Å². The highest BCUT2D eigenvalue weighted by atomic mass is 35.5. The Kier molecular flexibility index (Phi) is 10.6. The van der Waals surface area contributed by atoms with E-state index in [0.717, 1.165) is 0 Å². The number of rotatable bonds is 6. The van der Waals surface area contributed by atoms with Gasteiger partial charge < -0.3 is 17.1 Å². The summed E-state index contributed by atoms with van der Waals surface area (Å²) in [5.74, 6) is -1.86. The number of halogens is 3. The van der Waals surface area contributed by atoms with E-state index in [1.165, 1.54) is 28.0 Å². The summed E-state index contributed by atoms with van der Waals surface area (Å²) in [6.45, 7) is 4.44. The largest absolute Gasteiger partial charge is 1.00 e. The fraction of sp³-hybridized carbons (Fsp3) is 0.0909. The van der Waals surface area contributed by atoms with Crippen molar-refractivity contribution in [3.63, 3.8) is 0 Å². The van der Waals surface area contributed by atoms with Crippen LogP contribution in [0.4, 0.5) is 8.78 Å². The Balaban J connectivity index is 0.000000208. The van der Waals surface area contributed by atoms with Crippen molar-refractivity contribution in [1.29, 1.82) is 0 Å². The van der Waals surface area contributed by atoms with Gasteiger partial charge in [-0.05, 0) is 61.0 Å². The molecule has 0 unspecified atom stereocenters. The smallest absolute Gasteiger partial charge is 0.201 e. The van der Waals surface area contributed by atoms with E-state index in [1.807, 2.05) is 6.07 Å². The highest BCUT2D eigenvalue weighted by Gasteiger charge is 2.39. The van der Waals surface area contributed by atoms with Gasteiger partial charge in [0.15, 0.2) is 11.6 Å². The van der Waals surface area contributed by atoms with Crippen molar-refractivity contribution < 1.29 is 25.9 Å². The maximum Gasteiger partial charge on any atom is 0.201 e. The van der Waals surface area contributed by atoms with Crippen LogP contribution in [-0.4, -0.2) is 13.3 Å². The van der Waals surface area contributed by atoms with Crippen molar-refractivity contribution in [2.75, 3.05) is 13.3 Å². The predicted octanol–water partition coefficient (Wildman–Crippen LogP) is 4.64. The van der Waals surface area contributed by atoms with Crippen LogP contribution < -0.4 is 33.1 Å². The van der Waals surface area contributed by atoms with Crippen LogP contribution in [0, 0.1) is 11.6 Å². The Morgan fingerprint density at radius 3 is 1.34 bits per heavy atom. The molecule has 0 bridgehead atoms. The summed E-state index contributed by atoms with van der Waals surface area (Å²) in [6, 6.07) is 44.5. The Bertz CT molecular complexity index is 1300. The van der Waals surface area contributed by atoms with Gasteiger partial charge >= 0.3 is 0 Å². The molecule has 5 aromatic rings. The summed E-state index contributed by atoms with van der Waals surface area (Å²) in [7, 11) is -1.53. The van der Waals surface area contributed by atoms with Crippen molar-refractivity contribution >= 4 is 23.2 Å². The van der Waals surface area contributed by atoms with Crippen LogP contribution in [0.3, 0.4) is 0 Å². The lowest BCUT2D eigenvalue weighted by atomic mass is 10.0. The Morgan fingerprint density at radius 1 is 0.553 bits per heavy atom. The zero-order valence-electron chi connectivity index (χ0n) is 21.4. The van der Waals surface area contributed by atoms with Crippen molar-refractivity contribution in [3.05, 3.63) is 145 Å². The van der Waals surface area contributed by atoms with Crippen LogP contribution in [0.5, 0.6) is 5.75 Å². The predicted molar refractivity (Wildman–Crippen MR) is 154 cm³/mol. The highest BCUT2D eigenvalue weighted by molar-refractivity contribution is 7.95. The van der Waals surface area contributed by atoms with Gasteiger partial charge in [0.2, 0.25) is 5.82 Å². The van der Waals surface area contributed by atoms with Crippen LogP contribution >= 0.6 is 7.26 Å². The first-order valence-corrected chi connectivity index (χ1v) is 14.5. The number of hydrogen-bond donors (Lipinski definition) is 0. The minimum absolute atomic E-state index is 0. The second-order valence-electron chi connectivity index (χ2n) is 8.55. The maximum absolute atomic E-state index is 13.8. The van der Waals surface area contributed by atoms with E-state index in [4.69, 9.17) is 4.74 Å². The topological polar surface area (TPSA) is 9.23 Å². The Hall–Kier alpha value is -3.52. The molecule has 0 saturated carbocycles. The normalized spacial score (nSPS) is 10.5. The number of hydrogen-bond acceptors (Lipinski definition) is 1. The van der Waals surface area contributed by atoms with Crippen LogP contribution in [0.1, 0.15) is 6.92 Å². The third-order valence-electron chi connectivity index (χ3n) is 6.25. The van der Waals surface area contributed by atoms with Gasteiger partial charge in [-0.2, -0.15) is 4.39 Å². The first-order chi connectivity index (χ1) is 18.1. The minimum Gasteiger partial charge on any atom is -1.00 e. The zero-order chi connectivity index (χ0) is 26.1. The zero-order valence-corrected chi connectivity index (χ0v) is 23.0. The van der Waals surface area contributed by atoms with Crippen LogP contribution in [0.15, 0.2) is 133 Å². The molecule has 5 aromatic carbocycles. The molecular formula is C33H30ClF2OP. The molecule has 38 heavy (non-hydrogen) atoms. The van der Waals surface area contributed by atoms with E-state index in [2.05, 4.69) is 97.7 Å². The summed E-state index contributed by atoms with van der Waals surface area (Å²) < 4.78 is 32.4. The summed E-state index contributed by atoms with van der Waals surface area (Å²) in [5.41, 5.74) is 0.888. The molecule has 0 saturated heterocycles. The number of benzene rings is 5. The van der Waals surface area contributed by atoms with Crippen LogP contribution in [0.25, 0.3) is 11.1 Å². The summed E-state index contributed by atoms with van der Waals surface area (Å²) in [4.78, 5) is 0. The van der Waals surface area contributed by atoms with Gasteiger partial charge in [0.1, 0.15) is 23.2 Å². The molecule has 0 amide bonds. The summed E-state index contributed by atoms with van der Waals surface area (Å²) in [6.07, 6.45) is 0. The van der Waals surface area contributed by atoms with Crippen LogP contribution in [-0.2, 0) is 0 Å². The highest BCUT2D eigenvalue weighted by Crippen LogP contribution is 2.51. The molecule has 0 atom stereocenters. The van der Waals surface area contributed by atoms with Gasteiger partial charge in [-0.15, -0.1) is 0 Å². The fourth-order valence-electron chi connectivity index (χ4n) is 4.27. The molecule has 0 aliphatic rings. The van der Waals surface area contributed by atoms with Gasteiger partial charge in [-0.3, -0.25) is 0 Å². The summed E-state index contributed by atoms with van der Waals surface area (Å²) in [5, 5.41) is 4.28. The molecule has 0 N–H and O–H groups in total. The molecule has 1 nitrogen and oxygen atoms in total. The van der Waals surface area contributed by atoms with Crippen molar-refractivity contribution in [1.82, 2.24) is 0 Å². The van der Waals surface area contributed by atoms with Gasteiger partial charge in [-0.25, -0.2) is 4.39 Å². The average Bonchev–Trinajstić information content (AvgIpc) is 2.97. The van der Waals surface area contributed by atoms with Crippen molar-refractivity contribution in [3.8, 4) is 16.9 Å². The lowest BCUT2D eigenvalue weighted by molar-refractivity contribution is -0.00000875. The Labute approximate surface area is 230 Å². The number of ether oxygens (including phenoxy) is 1. The molecule has 5 heteroatoms. The molecule has 194 valence electrons. The first-order valence-electron chi connectivity index (χ1n) is 12.2. The van der Waals surface area contributed by atoms with E-state index < -0.39 is 18.9 Å².